The Hall–Kier alpha value is -2.98. The molecule has 0 spiro atoms. The molecule has 33 heavy (non-hydrogen) atoms. The van der Waals surface area contributed by atoms with E-state index in [1.165, 1.54) is 16.4 Å². The maximum Gasteiger partial charge on any atom is 0.274 e. The van der Waals surface area contributed by atoms with E-state index >= 15 is 0 Å². The number of amides is 1. The van der Waals surface area contributed by atoms with Crippen LogP contribution in [0.5, 0.6) is 0 Å². The molecule has 176 valence electrons. The summed E-state index contributed by atoms with van der Waals surface area (Å²) in [5.41, 5.74) is 1.61. The van der Waals surface area contributed by atoms with Crippen LogP contribution in [0.1, 0.15) is 48.0 Å². The predicted molar refractivity (Wildman–Crippen MR) is 126 cm³/mol. The molecule has 2 aliphatic rings. The zero-order valence-corrected chi connectivity index (χ0v) is 19.4. The zero-order valence-electron chi connectivity index (χ0n) is 18.6. The van der Waals surface area contributed by atoms with Gasteiger partial charge in [0.2, 0.25) is 10.0 Å². The number of nitro benzene ring substituents is 1. The van der Waals surface area contributed by atoms with Gasteiger partial charge in [-0.3, -0.25) is 14.9 Å². The minimum Gasteiger partial charge on any atom is -0.371 e. The lowest BCUT2D eigenvalue weighted by Gasteiger charge is -2.27. The molecule has 0 aromatic heterocycles. The minimum atomic E-state index is -3.71. The normalized spacial score (nSPS) is 17.2. The van der Waals surface area contributed by atoms with Crippen LogP contribution in [0.2, 0.25) is 0 Å². The lowest BCUT2D eigenvalue weighted by molar-refractivity contribution is -0.385. The predicted octanol–water partition coefficient (Wildman–Crippen LogP) is 3.93. The van der Waals surface area contributed by atoms with E-state index in [1.807, 2.05) is 0 Å². The van der Waals surface area contributed by atoms with Crippen LogP contribution in [-0.4, -0.2) is 49.7 Å². The molecule has 2 heterocycles. The second kappa shape index (κ2) is 9.48. The van der Waals surface area contributed by atoms with Crippen LogP contribution in [0.3, 0.4) is 0 Å². The van der Waals surface area contributed by atoms with Crippen LogP contribution in [0.15, 0.2) is 41.3 Å². The van der Waals surface area contributed by atoms with Crippen molar-refractivity contribution in [2.75, 3.05) is 36.4 Å². The summed E-state index contributed by atoms with van der Waals surface area (Å²) >= 11 is 0. The maximum atomic E-state index is 13.3. The second-order valence-corrected chi connectivity index (χ2v) is 10.5. The van der Waals surface area contributed by atoms with Crippen molar-refractivity contribution in [3.05, 3.63) is 57.6 Å². The first-order valence-electron chi connectivity index (χ1n) is 11.2. The summed E-state index contributed by atoms with van der Waals surface area (Å²) in [6.07, 6.45) is 4.66. The third kappa shape index (κ3) is 4.86. The van der Waals surface area contributed by atoms with Gasteiger partial charge in [-0.05, 0) is 56.9 Å². The summed E-state index contributed by atoms with van der Waals surface area (Å²) in [6, 6.07) is 9.21. The van der Waals surface area contributed by atoms with Gasteiger partial charge < -0.3 is 10.2 Å². The number of hydrogen-bond donors (Lipinski definition) is 1. The van der Waals surface area contributed by atoms with Crippen molar-refractivity contribution in [2.24, 2.45) is 0 Å². The highest BCUT2D eigenvalue weighted by Gasteiger charge is 2.29. The van der Waals surface area contributed by atoms with Crippen molar-refractivity contribution in [2.45, 2.75) is 43.9 Å². The summed E-state index contributed by atoms with van der Waals surface area (Å²) in [6.45, 7) is 4.16. The van der Waals surface area contributed by atoms with E-state index in [4.69, 9.17) is 0 Å². The average molecular weight is 473 g/mol. The van der Waals surface area contributed by atoms with Gasteiger partial charge in [0, 0.05) is 49.2 Å². The molecule has 0 bridgehead atoms. The number of rotatable bonds is 6. The van der Waals surface area contributed by atoms with Gasteiger partial charge >= 0.3 is 0 Å². The summed E-state index contributed by atoms with van der Waals surface area (Å²) < 4.78 is 27.9. The van der Waals surface area contributed by atoms with Crippen LogP contribution < -0.4 is 10.2 Å². The fraction of sp³-hybridized carbons (Fsp3) is 0.435. The third-order valence-corrected chi connectivity index (χ3v) is 8.17. The van der Waals surface area contributed by atoms with Crippen molar-refractivity contribution in [1.82, 2.24) is 4.31 Å². The van der Waals surface area contributed by atoms with E-state index in [9.17, 15) is 23.3 Å². The van der Waals surface area contributed by atoms with Gasteiger partial charge in [-0.1, -0.05) is 12.5 Å². The molecule has 1 N–H and O–H groups in total. The van der Waals surface area contributed by atoms with Crippen LogP contribution in [0.4, 0.5) is 17.1 Å². The van der Waals surface area contributed by atoms with Crippen LogP contribution in [0, 0.1) is 17.0 Å². The minimum absolute atomic E-state index is 0.0889. The molecule has 4 rings (SSSR count). The first kappa shape index (κ1) is 23.2. The number of piperidine rings is 1. The molecule has 0 atom stereocenters. The van der Waals surface area contributed by atoms with Crippen molar-refractivity contribution >= 4 is 33.0 Å². The molecule has 1 amide bonds. The van der Waals surface area contributed by atoms with Gasteiger partial charge in [0.25, 0.3) is 11.6 Å². The summed E-state index contributed by atoms with van der Waals surface area (Å²) in [5.74, 6) is -0.495. The molecule has 2 fully saturated rings. The van der Waals surface area contributed by atoms with Crippen molar-refractivity contribution < 1.29 is 18.1 Å². The number of anilines is 2. The van der Waals surface area contributed by atoms with Gasteiger partial charge in [-0.25, -0.2) is 8.42 Å². The SMILES string of the molecule is Cc1ccc(NC(=O)c2cc(S(=O)(=O)N3CCCCC3)ccc2N2CCCC2)cc1[N+](=O)[O-]. The van der Waals surface area contributed by atoms with Gasteiger partial charge in [0.1, 0.15) is 0 Å². The topological polar surface area (TPSA) is 113 Å². The van der Waals surface area contributed by atoms with Gasteiger partial charge in [0.05, 0.1) is 15.4 Å². The molecule has 0 radical (unpaired) electrons. The van der Waals surface area contributed by atoms with Gasteiger partial charge in [-0.2, -0.15) is 4.31 Å². The molecular weight excluding hydrogens is 444 g/mol. The van der Waals surface area contributed by atoms with E-state index in [0.29, 0.717) is 24.3 Å². The Bertz CT molecular complexity index is 1170. The molecular formula is C23H28N4O5S. The Morgan fingerprint density at radius 2 is 1.64 bits per heavy atom. The molecule has 2 aliphatic heterocycles. The van der Waals surface area contributed by atoms with Crippen molar-refractivity contribution in [3.63, 3.8) is 0 Å². The lowest BCUT2D eigenvalue weighted by atomic mass is 10.1. The van der Waals surface area contributed by atoms with Crippen molar-refractivity contribution in [3.8, 4) is 0 Å². The number of benzene rings is 2. The Morgan fingerprint density at radius 3 is 2.30 bits per heavy atom. The number of nitrogens with one attached hydrogen (secondary N) is 1. The third-order valence-electron chi connectivity index (χ3n) is 6.28. The Balaban J connectivity index is 1.70. The molecule has 0 saturated carbocycles. The number of sulfonamides is 1. The monoisotopic (exact) mass is 472 g/mol. The van der Waals surface area contributed by atoms with Crippen LogP contribution >= 0.6 is 0 Å². The average Bonchev–Trinajstić information content (AvgIpc) is 3.35. The van der Waals surface area contributed by atoms with Gasteiger partial charge in [-0.15, -0.1) is 0 Å². The fourth-order valence-electron chi connectivity index (χ4n) is 4.43. The molecule has 2 saturated heterocycles. The Morgan fingerprint density at radius 1 is 0.970 bits per heavy atom. The Kier molecular flexibility index (Phi) is 6.66. The number of nitrogens with zero attached hydrogens (tertiary/aromatic N) is 3. The molecule has 0 aliphatic carbocycles. The van der Waals surface area contributed by atoms with E-state index in [2.05, 4.69) is 10.2 Å². The highest BCUT2D eigenvalue weighted by Crippen LogP contribution is 2.31. The number of carbonyl (C=O) groups is 1. The van der Waals surface area contributed by atoms with E-state index in [0.717, 1.165) is 45.2 Å². The molecule has 0 unspecified atom stereocenters. The van der Waals surface area contributed by atoms with E-state index in [-0.39, 0.29) is 21.8 Å². The lowest BCUT2D eigenvalue weighted by Crippen LogP contribution is -2.35. The fourth-order valence-corrected chi connectivity index (χ4v) is 5.97. The number of carbonyl (C=O) groups excluding carboxylic acids is 1. The smallest absolute Gasteiger partial charge is 0.274 e. The maximum absolute atomic E-state index is 13.3. The summed E-state index contributed by atoms with van der Waals surface area (Å²) in [4.78, 5) is 26.2. The van der Waals surface area contributed by atoms with Crippen molar-refractivity contribution in [1.29, 1.82) is 0 Å². The Labute approximate surface area is 193 Å². The number of nitro groups is 1. The van der Waals surface area contributed by atoms with E-state index in [1.54, 1.807) is 31.2 Å². The number of aryl methyl sites for hydroxylation is 1. The summed E-state index contributed by atoms with van der Waals surface area (Å²) in [5, 5.41) is 14.0. The first-order valence-corrected chi connectivity index (χ1v) is 12.7. The molecule has 2 aromatic rings. The highest BCUT2D eigenvalue weighted by molar-refractivity contribution is 7.89. The second-order valence-electron chi connectivity index (χ2n) is 8.55. The summed E-state index contributed by atoms with van der Waals surface area (Å²) in [7, 11) is -3.71. The molecule has 2 aromatic carbocycles. The van der Waals surface area contributed by atoms with Crippen LogP contribution in [0.25, 0.3) is 0 Å². The first-order chi connectivity index (χ1) is 15.8. The standard InChI is InChI=1S/C23H28N4O5S/c1-17-7-8-18(15-22(17)27(29)30)24-23(28)20-16-19(9-10-21(20)25-11-5-6-12-25)33(31,32)26-13-3-2-4-14-26/h7-10,15-16H,2-6,11-14H2,1H3,(H,24,28). The van der Waals surface area contributed by atoms with Gasteiger partial charge in [0.15, 0.2) is 0 Å². The number of hydrogen-bond acceptors (Lipinski definition) is 6. The molecule has 10 heteroatoms. The molecule has 9 nitrogen and oxygen atoms in total. The van der Waals surface area contributed by atoms with E-state index < -0.39 is 20.9 Å². The highest BCUT2D eigenvalue weighted by atomic mass is 32.2. The largest absolute Gasteiger partial charge is 0.371 e. The quantitative estimate of drug-likeness (QED) is 0.503. The van der Waals surface area contributed by atoms with Crippen LogP contribution in [-0.2, 0) is 10.0 Å². The zero-order chi connectivity index (χ0) is 23.6.